The van der Waals surface area contributed by atoms with Gasteiger partial charge in [-0.3, -0.25) is 0 Å². The van der Waals surface area contributed by atoms with E-state index < -0.39 is 0 Å². The summed E-state index contributed by atoms with van der Waals surface area (Å²) in [5, 5.41) is 0. The third kappa shape index (κ3) is 2.12. The maximum Gasteiger partial charge on any atom is 0.0785 e. The fraction of sp³-hybridized carbons (Fsp3) is 0.818. The largest absolute Gasteiger partial charge is 0.374 e. The van der Waals surface area contributed by atoms with E-state index in [0.29, 0.717) is 18.1 Å². The third-order valence-corrected chi connectivity index (χ3v) is 2.93. The molecule has 1 aliphatic heterocycles. The average molecular weight is 182 g/mol. The number of fused-ring (bicyclic) bond motifs is 1. The minimum absolute atomic E-state index is 0.341. The summed E-state index contributed by atoms with van der Waals surface area (Å²) in [7, 11) is 0. The fourth-order valence-corrected chi connectivity index (χ4v) is 2.28. The Morgan fingerprint density at radius 2 is 2.38 bits per heavy atom. The third-order valence-electron chi connectivity index (χ3n) is 2.93. The van der Waals surface area contributed by atoms with Crippen molar-refractivity contribution < 1.29 is 9.47 Å². The second-order valence-electron chi connectivity index (χ2n) is 3.85. The van der Waals surface area contributed by atoms with E-state index in [1.165, 1.54) is 12.8 Å². The standard InChI is InChI=1S/C11H18O2/c1-2-12-10-5-6-11-9(8-10)4-3-7-13-11/h5-6,9-11H,2-4,7-8H2,1H3/t9-,10-,11+/m1/s1. The van der Waals surface area contributed by atoms with Crippen molar-refractivity contribution in [3.63, 3.8) is 0 Å². The van der Waals surface area contributed by atoms with Crippen LogP contribution in [0.5, 0.6) is 0 Å². The Labute approximate surface area is 79.9 Å². The summed E-state index contributed by atoms with van der Waals surface area (Å²) in [5.41, 5.74) is 0. The lowest BCUT2D eigenvalue weighted by Crippen LogP contribution is -2.34. The molecule has 1 aliphatic carbocycles. The molecule has 1 saturated heterocycles. The molecule has 0 aromatic heterocycles. The van der Waals surface area contributed by atoms with Gasteiger partial charge in [-0.15, -0.1) is 0 Å². The van der Waals surface area contributed by atoms with Crippen molar-refractivity contribution in [2.45, 2.75) is 38.4 Å². The van der Waals surface area contributed by atoms with Gasteiger partial charge >= 0.3 is 0 Å². The number of ether oxygens (including phenoxy) is 2. The molecule has 0 N–H and O–H groups in total. The maximum atomic E-state index is 5.67. The molecule has 2 rings (SSSR count). The molecule has 1 fully saturated rings. The molecule has 2 aliphatic rings. The molecular formula is C11H18O2. The Morgan fingerprint density at radius 1 is 1.46 bits per heavy atom. The number of hydrogen-bond acceptors (Lipinski definition) is 2. The summed E-state index contributed by atoms with van der Waals surface area (Å²) in [6, 6.07) is 0. The summed E-state index contributed by atoms with van der Waals surface area (Å²) < 4.78 is 11.3. The van der Waals surface area contributed by atoms with Crippen LogP contribution < -0.4 is 0 Å². The van der Waals surface area contributed by atoms with Crippen LogP contribution in [-0.4, -0.2) is 25.4 Å². The van der Waals surface area contributed by atoms with Gasteiger partial charge in [-0.2, -0.15) is 0 Å². The molecule has 2 nitrogen and oxygen atoms in total. The van der Waals surface area contributed by atoms with Crippen molar-refractivity contribution in [2.24, 2.45) is 5.92 Å². The monoisotopic (exact) mass is 182 g/mol. The van der Waals surface area contributed by atoms with E-state index in [2.05, 4.69) is 19.1 Å². The van der Waals surface area contributed by atoms with Gasteiger partial charge in [0.15, 0.2) is 0 Å². The van der Waals surface area contributed by atoms with Crippen molar-refractivity contribution >= 4 is 0 Å². The van der Waals surface area contributed by atoms with Crippen molar-refractivity contribution in [1.29, 1.82) is 0 Å². The van der Waals surface area contributed by atoms with Gasteiger partial charge in [-0.25, -0.2) is 0 Å². The zero-order chi connectivity index (χ0) is 9.10. The highest BCUT2D eigenvalue weighted by molar-refractivity contribution is 5.04. The first-order valence-corrected chi connectivity index (χ1v) is 5.31. The first-order chi connectivity index (χ1) is 6.40. The van der Waals surface area contributed by atoms with Crippen molar-refractivity contribution in [3.05, 3.63) is 12.2 Å². The Hall–Kier alpha value is -0.340. The molecule has 13 heavy (non-hydrogen) atoms. The Balaban J connectivity index is 1.94. The molecule has 0 unspecified atom stereocenters. The van der Waals surface area contributed by atoms with Crippen molar-refractivity contribution in [2.75, 3.05) is 13.2 Å². The number of rotatable bonds is 2. The van der Waals surface area contributed by atoms with Crippen LogP contribution in [0.2, 0.25) is 0 Å². The van der Waals surface area contributed by atoms with Gasteiger partial charge in [-0.05, 0) is 32.1 Å². The lowest BCUT2D eigenvalue weighted by atomic mass is 9.85. The summed E-state index contributed by atoms with van der Waals surface area (Å²) in [5.74, 6) is 0.704. The highest BCUT2D eigenvalue weighted by Gasteiger charge is 2.29. The van der Waals surface area contributed by atoms with Gasteiger partial charge in [0.1, 0.15) is 0 Å². The molecule has 2 heteroatoms. The summed E-state index contributed by atoms with van der Waals surface area (Å²) >= 11 is 0. The van der Waals surface area contributed by atoms with Gasteiger partial charge in [0.2, 0.25) is 0 Å². The molecule has 3 atom stereocenters. The van der Waals surface area contributed by atoms with E-state index in [-0.39, 0.29) is 0 Å². The van der Waals surface area contributed by atoms with Crippen molar-refractivity contribution in [1.82, 2.24) is 0 Å². The van der Waals surface area contributed by atoms with E-state index in [4.69, 9.17) is 9.47 Å². The molecule has 0 radical (unpaired) electrons. The van der Waals surface area contributed by atoms with E-state index in [1.807, 2.05) is 0 Å². The molecule has 0 aromatic carbocycles. The highest BCUT2D eigenvalue weighted by Crippen LogP contribution is 2.30. The van der Waals surface area contributed by atoms with E-state index >= 15 is 0 Å². The van der Waals surface area contributed by atoms with Crippen LogP contribution in [0.1, 0.15) is 26.2 Å². The molecule has 0 saturated carbocycles. The molecule has 0 aromatic rings. The summed E-state index contributed by atoms with van der Waals surface area (Å²) in [6.07, 6.45) is 8.74. The van der Waals surface area contributed by atoms with Crippen LogP contribution >= 0.6 is 0 Å². The zero-order valence-electron chi connectivity index (χ0n) is 8.24. The van der Waals surface area contributed by atoms with E-state index in [0.717, 1.165) is 19.6 Å². The number of hydrogen-bond donors (Lipinski definition) is 0. The average Bonchev–Trinajstić information content (AvgIpc) is 2.18. The lowest BCUT2D eigenvalue weighted by Gasteiger charge is -2.35. The topological polar surface area (TPSA) is 18.5 Å². The molecule has 0 bridgehead atoms. The quantitative estimate of drug-likeness (QED) is 0.609. The first-order valence-electron chi connectivity index (χ1n) is 5.31. The Morgan fingerprint density at radius 3 is 3.23 bits per heavy atom. The predicted octanol–water partition coefficient (Wildman–Crippen LogP) is 2.15. The molecule has 0 spiro atoms. The second-order valence-corrected chi connectivity index (χ2v) is 3.85. The Kier molecular flexibility index (Phi) is 3.01. The Bertz CT molecular complexity index is 189. The van der Waals surface area contributed by atoms with Crippen LogP contribution in [0.15, 0.2) is 12.2 Å². The smallest absolute Gasteiger partial charge is 0.0785 e. The first kappa shape index (κ1) is 9.22. The van der Waals surface area contributed by atoms with Crippen LogP contribution in [0.25, 0.3) is 0 Å². The van der Waals surface area contributed by atoms with E-state index in [9.17, 15) is 0 Å². The molecule has 0 amide bonds. The SMILES string of the molecule is CCO[C@@H]1C=C[C@@H]2OCCC[C@@H]2C1. The van der Waals surface area contributed by atoms with Gasteiger partial charge in [0.25, 0.3) is 0 Å². The summed E-state index contributed by atoms with van der Waals surface area (Å²) in [6.45, 7) is 3.80. The van der Waals surface area contributed by atoms with Crippen LogP contribution in [0.4, 0.5) is 0 Å². The minimum Gasteiger partial charge on any atom is -0.374 e. The minimum atomic E-state index is 0.341. The van der Waals surface area contributed by atoms with Crippen LogP contribution in [0.3, 0.4) is 0 Å². The van der Waals surface area contributed by atoms with Gasteiger partial charge in [-0.1, -0.05) is 12.2 Å². The fourth-order valence-electron chi connectivity index (χ4n) is 2.28. The lowest BCUT2D eigenvalue weighted by molar-refractivity contribution is -0.0292. The highest BCUT2D eigenvalue weighted by atomic mass is 16.5. The molecular weight excluding hydrogens is 164 g/mol. The predicted molar refractivity (Wildman–Crippen MR) is 51.6 cm³/mol. The second kappa shape index (κ2) is 4.25. The zero-order valence-corrected chi connectivity index (χ0v) is 8.24. The van der Waals surface area contributed by atoms with Crippen LogP contribution in [0, 0.1) is 5.92 Å². The van der Waals surface area contributed by atoms with E-state index in [1.54, 1.807) is 0 Å². The van der Waals surface area contributed by atoms with Crippen LogP contribution in [-0.2, 0) is 9.47 Å². The van der Waals surface area contributed by atoms with Gasteiger partial charge in [0, 0.05) is 13.2 Å². The molecule has 74 valence electrons. The molecule has 1 heterocycles. The van der Waals surface area contributed by atoms with Gasteiger partial charge in [0.05, 0.1) is 12.2 Å². The van der Waals surface area contributed by atoms with Crippen molar-refractivity contribution in [3.8, 4) is 0 Å². The normalized spacial score (nSPS) is 38.7. The summed E-state index contributed by atoms with van der Waals surface area (Å²) in [4.78, 5) is 0. The maximum absolute atomic E-state index is 5.67. The van der Waals surface area contributed by atoms with Gasteiger partial charge < -0.3 is 9.47 Å².